The number of hydrogen-bond donors (Lipinski definition) is 2. The van der Waals surface area contributed by atoms with Gasteiger partial charge in [0.1, 0.15) is 0 Å². The van der Waals surface area contributed by atoms with Gasteiger partial charge in [-0.2, -0.15) is 0 Å². The third kappa shape index (κ3) is 2.37. The van der Waals surface area contributed by atoms with Gasteiger partial charge in [0.15, 0.2) is 23.0 Å². The van der Waals surface area contributed by atoms with Crippen LogP contribution in [0.15, 0.2) is 36.4 Å². The van der Waals surface area contributed by atoms with Crippen LogP contribution in [-0.4, -0.2) is 35.7 Å². The van der Waals surface area contributed by atoms with E-state index in [-0.39, 0.29) is 13.6 Å². The van der Waals surface area contributed by atoms with Crippen molar-refractivity contribution in [3.05, 3.63) is 47.5 Å². The molecule has 0 amide bonds. The summed E-state index contributed by atoms with van der Waals surface area (Å²) in [4.78, 5) is 23.8. The topological polar surface area (TPSA) is 112 Å². The first-order valence-corrected chi connectivity index (χ1v) is 8.79. The van der Waals surface area contributed by atoms with E-state index in [1.807, 2.05) is 0 Å². The van der Waals surface area contributed by atoms with Gasteiger partial charge in [-0.1, -0.05) is 12.1 Å². The summed E-state index contributed by atoms with van der Waals surface area (Å²) in [5.41, 5.74) is 1.41. The lowest BCUT2D eigenvalue weighted by atomic mass is 9.52. The SMILES string of the molecule is O=C(O)[C@@H]1[C@H](C(=O)O)[C@@H](c2ccc3c(c2)OCO3)[C@H]1c1ccc2c(c1)OCO2. The zero-order chi connectivity index (χ0) is 19.4. The van der Waals surface area contributed by atoms with Gasteiger partial charge in [-0.3, -0.25) is 9.59 Å². The lowest BCUT2D eigenvalue weighted by Crippen LogP contribution is -2.51. The first-order valence-electron chi connectivity index (χ1n) is 8.79. The van der Waals surface area contributed by atoms with Gasteiger partial charge in [-0.05, 0) is 35.4 Å². The number of benzene rings is 2. The Hall–Kier alpha value is -3.42. The fourth-order valence-corrected chi connectivity index (χ4v) is 4.43. The predicted molar refractivity (Wildman–Crippen MR) is 92.9 cm³/mol. The van der Waals surface area contributed by atoms with Crippen molar-refractivity contribution in [3.63, 3.8) is 0 Å². The summed E-state index contributed by atoms with van der Waals surface area (Å²) in [5.74, 6) is -3.16. The minimum atomic E-state index is -1.13. The third-order valence-electron chi connectivity index (χ3n) is 5.68. The van der Waals surface area contributed by atoms with Crippen molar-refractivity contribution < 1.29 is 38.7 Å². The molecule has 2 aromatic carbocycles. The number of carboxylic acid groups (broad SMARTS) is 2. The summed E-state index contributed by atoms with van der Waals surface area (Å²) in [5, 5.41) is 19.5. The van der Waals surface area contributed by atoms with Gasteiger partial charge in [0, 0.05) is 11.8 Å². The van der Waals surface area contributed by atoms with E-state index in [4.69, 9.17) is 18.9 Å². The van der Waals surface area contributed by atoms with E-state index >= 15 is 0 Å². The highest BCUT2D eigenvalue weighted by atomic mass is 16.7. The van der Waals surface area contributed by atoms with E-state index in [9.17, 15) is 19.8 Å². The highest BCUT2D eigenvalue weighted by Crippen LogP contribution is 2.59. The van der Waals surface area contributed by atoms with Crippen molar-refractivity contribution >= 4 is 11.9 Å². The van der Waals surface area contributed by atoms with Crippen molar-refractivity contribution in [2.24, 2.45) is 11.8 Å². The number of aliphatic carboxylic acids is 2. The fraction of sp³-hybridized carbons (Fsp3) is 0.300. The Morgan fingerprint density at radius 1 is 0.679 bits per heavy atom. The van der Waals surface area contributed by atoms with E-state index in [2.05, 4.69) is 0 Å². The molecular weight excluding hydrogens is 368 g/mol. The minimum absolute atomic E-state index is 0.106. The summed E-state index contributed by atoms with van der Waals surface area (Å²) in [6, 6.07) is 10.5. The number of ether oxygens (including phenoxy) is 4. The molecule has 2 heterocycles. The van der Waals surface area contributed by atoms with E-state index in [1.54, 1.807) is 36.4 Å². The van der Waals surface area contributed by atoms with Crippen LogP contribution in [0.3, 0.4) is 0 Å². The van der Waals surface area contributed by atoms with Crippen LogP contribution in [0.1, 0.15) is 23.0 Å². The quantitative estimate of drug-likeness (QED) is 0.827. The molecule has 2 aliphatic heterocycles. The van der Waals surface area contributed by atoms with Crippen molar-refractivity contribution in [1.29, 1.82) is 0 Å². The molecule has 0 bridgehead atoms. The van der Waals surface area contributed by atoms with Gasteiger partial charge in [-0.15, -0.1) is 0 Å². The summed E-state index contributed by atoms with van der Waals surface area (Å²) < 4.78 is 21.4. The first-order chi connectivity index (χ1) is 13.5. The van der Waals surface area contributed by atoms with Gasteiger partial charge in [0.25, 0.3) is 0 Å². The molecule has 2 aromatic rings. The van der Waals surface area contributed by atoms with E-state index in [0.29, 0.717) is 34.1 Å². The zero-order valence-corrected chi connectivity index (χ0v) is 14.5. The van der Waals surface area contributed by atoms with Crippen LogP contribution in [0.25, 0.3) is 0 Å². The Morgan fingerprint density at radius 3 is 1.46 bits per heavy atom. The third-order valence-corrected chi connectivity index (χ3v) is 5.68. The molecule has 3 aliphatic rings. The molecule has 8 nitrogen and oxygen atoms in total. The number of rotatable bonds is 4. The van der Waals surface area contributed by atoms with Crippen LogP contribution < -0.4 is 18.9 Å². The van der Waals surface area contributed by atoms with Crippen LogP contribution in [0.4, 0.5) is 0 Å². The normalized spacial score (nSPS) is 26.6. The summed E-state index contributed by atoms with van der Waals surface area (Å²) in [6.45, 7) is 0.213. The largest absolute Gasteiger partial charge is 0.481 e. The second kappa shape index (κ2) is 6.05. The van der Waals surface area contributed by atoms with Gasteiger partial charge in [-0.25, -0.2) is 0 Å². The average molecular weight is 384 g/mol. The lowest BCUT2D eigenvalue weighted by molar-refractivity contribution is -0.164. The second-order valence-corrected chi connectivity index (χ2v) is 7.01. The number of fused-ring (bicyclic) bond motifs is 2. The molecule has 144 valence electrons. The maximum absolute atomic E-state index is 11.9. The number of carboxylic acids is 2. The van der Waals surface area contributed by atoms with Gasteiger partial charge >= 0.3 is 11.9 Å². The predicted octanol–water partition coefficient (Wildman–Crippen LogP) is 2.43. The standard InChI is InChI=1S/C20H16O8/c21-19(22)17-15(9-1-3-11-13(5-9)27-7-25-11)16(18(17)20(23)24)10-2-4-12-14(6-10)28-8-26-12/h1-6,15-18H,7-8H2,(H,21,22)(H,23,24)/t15-,16+,17+,18-. The van der Waals surface area contributed by atoms with Crippen molar-refractivity contribution in [2.45, 2.75) is 11.8 Å². The van der Waals surface area contributed by atoms with Gasteiger partial charge < -0.3 is 29.2 Å². The summed E-state index contributed by atoms with van der Waals surface area (Å²) >= 11 is 0. The van der Waals surface area contributed by atoms with Gasteiger partial charge in [0.05, 0.1) is 11.8 Å². The molecule has 2 N–H and O–H groups in total. The minimum Gasteiger partial charge on any atom is -0.481 e. The van der Waals surface area contributed by atoms with Crippen molar-refractivity contribution in [2.75, 3.05) is 13.6 Å². The summed E-state index contributed by atoms with van der Waals surface area (Å²) in [6.07, 6.45) is 0. The van der Waals surface area contributed by atoms with Crippen LogP contribution in [0.2, 0.25) is 0 Å². The Morgan fingerprint density at radius 2 is 1.07 bits per heavy atom. The highest BCUT2D eigenvalue weighted by Gasteiger charge is 2.59. The molecule has 1 saturated carbocycles. The van der Waals surface area contributed by atoms with E-state index in [0.717, 1.165) is 0 Å². The smallest absolute Gasteiger partial charge is 0.308 e. The Balaban J connectivity index is 1.59. The van der Waals surface area contributed by atoms with Crippen LogP contribution in [0, 0.1) is 11.8 Å². The molecule has 0 radical (unpaired) electrons. The lowest BCUT2D eigenvalue weighted by Gasteiger charge is -2.48. The molecule has 4 atom stereocenters. The van der Waals surface area contributed by atoms with E-state index < -0.39 is 35.6 Å². The van der Waals surface area contributed by atoms with Crippen LogP contribution >= 0.6 is 0 Å². The Labute approximate surface area is 159 Å². The van der Waals surface area contributed by atoms with Gasteiger partial charge in [0.2, 0.25) is 13.6 Å². The van der Waals surface area contributed by atoms with Crippen LogP contribution in [-0.2, 0) is 9.59 Å². The molecule has 1 fully saturated rings. The van der Waals surface area contributed by atoms with Crippen molar-refractivity contribution in [1.82, 2.24) is 0 Å². The molecule has 1 aliphatic carbocycles. The van der Waals surface area contributed by atoms with Crippen molar-refractivity contribution in [3.8, 4) is 23.0 Å². The fourth-order valence-electron chi connectivity index (χ4n) is 4.43. The molecule has 0 saturated heterocycles. The second-order valence-electron chi connectivity index (χ2n) is 7.01. The summed E-state index contributed by atoms with van der Waals surface area (Å²) in [7, 11) is 0. The van der Waals surface area contributed by atoms with E-state index in [1.165, 1.54) is 0 Å². The molecule has 0 spiro atoms. The molecule has 0 unspecified atom stereocenters. The maximum Gasteiger partial charge on any atom is 0.308 e. The monoisotopic (exact) mass is 384 g/mol. The number of carbonyl (C=O) groups is 2. The highest BCUT2D eigenvalue weighted by molar-refractivity contribution is 5.85. The van der Waals surface area contributed by atoms with Crippen LogP contribution in [0.5, 0.6) is 23.0 Å². The molecule has 0 aromatic heterocycles. The zero-order valence-electron chi connectivity index (χ0n) is 14.5. The Bertz CT molecular complexity index is 905. The first kappa shape index (κ1) is 16.7. The average Bonchev–Trinajstić information content (AvgIpc) is 3.28. The Kier molecular flexibility index (Phi) is 3.61. The molecule has 8 heteroatoms. The number of hydrogen-bond acceptors (Lipinski definition) is 6. The maximum atomic E-state index is 11.9. The molecule has 28 heavy (non-hydrogen) atoms. The molecule has 5 rings (SSSR count). The molecular formula is C20H16O8.